The van der Waals surface area contributed by atoms with Crippen LogP contribution in [0.5, 0.6) is 0 Å². The molecule has 124 valence electrons. The molecule has 0 heterocycles. The molecule has 5 heteroatoms. The summed E-state index contributed by atoms with van der Waals surface area (Å²) in [5.74, 6) is 0. The van der Waals surface area contributed by atoms with E-state index in [1.807, 2.05) is 12.1 Å². The Labute approximate surface area is 156 Å². The van der Waals surface area contributed by atoms with Gasteiger partial charge in [-0.2, -0.15) is 0 Å². The van der Waals surface area contributed by atoms with Gasteiger partial charge in [0.25, 0.3) is 0 Å². The molecule has 0 saturated heterocycles. The summed E-state index contributed by atoms with van der Waals surface area (Å²) >= 11 is 19.7. The van der Waals surface area contributed by atoms with Crippen LogP contribution >= 0.6 is 34.8 Å². The molecular formula is C18H23Cl3Si2. The average Bonchev–Trinajstić information content (AvgIpc) is 2.34. The molecular weight excluding hydrogens is 379 g/mol. The van der Waals surface area contributed by atoms with Crippen LogP contribution in [0, 0.1) is 0 Å². The molecule has 0 spiro atoms. The van der Waals surface area contributed by atoms with Crippen molar-refractivity contribution >= 4 is 61.3 Å². The van der Waals surface area contributed by atoms with Crippen LogP contribution in [0.3, 0.4) is 0 Å². The summed E-state index contributed by atoms with van der Waals surface area (Å²) in [7, 11) is -3.19. The van der Waals surface area contributed by atoms with E-state index in [9.17, 15) is 0 Å². The second kappa shape index (κ2) is 6.57. The zero-order chi connectivity index (χ0) is 17.6. The minimum Gasteiger partial charge on any atom is -0.0844 e. The van der Waals surface area contributed by atoms with Crippen molar-refractivity contribution in [3.05, 3.63) is 45.4 Å². The number of benzene rings is 2. The van der Waals surface area contributed by atoms with Crippen LogP contribution in [0.4, 0.5) is 0 Å². The zero-order valence-corrected chi connectivity index (χ0v) is 18.8. The van der Waals surface area contributed by atoms with E-state index in [1.165, 1.54) is 5.19 Å². The number of rotatable bonds is 3. The molecule has 0 N–H and O–H groups in total. The van der Waals surface area contributed by atoms with Gasteiger partial charge in [-0.1, -0.05) is 86.2 Å². The maximum atomic E-state index is 6.60. The van der Waals surface area contributed by atoms with Gasteiger partial charge in [0, 0.05) is 15.1 Å². The highest BCUT2D eigenvalue weighted by Crippen LogP contribution is 2.30. The molecule has 0 aliphatic rings. The van der Waals surface area contributed by atoms with Crippen LogP contribution in [0.1, 0.15) is 0 Å². The molecule has 0 saturated carbocycles. The van der Waals surface area contributed by atoms with Crippen molar-refractivity contribution in [2.75, 3.05) is 0 Å². The predicted molar refractivity (Wildman–Crippen MR) is 113 cm³/mol. The highest BCUT2D eigenvalue weighted by Gasteiger charge is 2.27. The third-order valence-corrected chi connectivity index (χ3v) is 9.33. The Kier molecular flexibility index (Phi) is 5.45. The van der Waals surface area contributed by atoms with E-state index >= 15 is 0 Å². The van der Waals surface area contributed by atoms with Crippen molar-refractivity contribution in [1.29, 1.82) is 0 Å². The number of hydrogen-bond acceptors (Lipinski definition) is 0. The third-order valence-electron chi connectivity index (χ3n) is 3.87. The first-order valence-electron chi connectivity index (χ1n) is 7.72. The molecule has 0 unspecified atom stereocenters. The van der Waals surface area contributed by atoms with Gasteiger partial charge >= 0.3 is 0 Å². The van der Waals surface area contributed by atoms with Crippen LogP contribution in [-0.2, 0) is 0 Å². The molecule has 0 bridgehead atoms. The Morgan fingerprint density at radius 3 is 1.57 bits per heavy atom. The second-order valence-corrected chi connectivity index (χ2v) is 19.2. The fraction of sp³-hybridized carbons (Fsp3) is 0.333. The lowest BCUT2D eigenvalue weighted by Gasteiger charge is -2.25. The predicted octanol–water partition coefficient (Wildman–Crippen LogP) is 6.40. The van der Waals surface area contributed by atoms with E-state index in [0.717, 1.165) is 31.4 Å². The summed E-state index contributed by atoms with van der Waals surface area (Å²) in [5, 5.41) is 4.76. The summed E-state index contributed by atoms with van der Waals surface area (Å²) in [6, 6.07) is 10.2. The monoisotopic (exact) mass is 400 g/mol. The topological polar surface area (TPSA) is 0 Å². The minimum absolute atomic E-state index is 0.771. The fourth-order valence-electron chi connectivity index (χ4n) is 2.97. The Hall–Kier alpha value is -0.256. The van der Waals surface area contributed by atoms with E-state index in [2.05, 4.69) is 57.5 Å². The van der Waals surface area contributed by atoms with Crippen molar-refractivity contribution in [3.8, 4) is 11.1 Å². The Morgan fingerprint density at radius 1 is 0.652 bits per heavy atom. The Bertz CT molecular complexity index is 718. The molecule has 0 nitrogen and oxygen atoms in total. The lowest BCUT2D eigenvalue weighted by molar-refractivity contribution is 1.61. The van der Waals surface area contributed by atoms with Crippen molar-refractivity contribution < 1.29 is 0 Å². The number of halogens is 3. The smallest absolute Gasteiger partial charge is 0.0815 e. The molecule has 0 aliphatic carbocycles. The molecule has 2 aromatic rings. The largest absolute Gasteiger partial charge is 0.0844 e. The molecule has 0 amide bonds. The van der Waals surface area contributed by atoms with Crippen LogP contribution in [0.2, 0.25) is 54.3 Å². The quantitative estimate of drug-likeness (QED) is 0.521. The van der Waals surface area contributed by atoms with Crippen molar-refractivity contribution in [1.82, 2.24) is 0 Å². The lowest BCUT2D eigenvalue weighted by atomic mass is 10.1. The molecule has 0 radical (unpaired) electrons. The zero-order valence-electron chi connectivity index (χ0n) is 14.5. The van der Waals surface area contributed by atoms with Gasteiger partial charge in [-0.25, -0.2) is 0 Å². The van der Waals surface area contributed by atoms with Crippen LogP contribution in [0.15, 0.2) is 30.3 Å². The first kappa shape index (κ1) is 19.1. The molecule has 23 heavy (non-hydrogen) atoms. The second-order valence-electron chi connectivity index (χ2n) is 7.98. The van der Waals surface area contributed by atoms with Crippen LogP contribution < -0.4 is 10.4 Å². The average molecular weight is 402 g/mol. The molecule has 0 fully saturated rings. The van der Waals surface area contributed by atoms with Gasteiger partial charge in [-0.05, 0) is 39.7 Å². The first-order valence-corrected chi connectivity index (χ1v) is 15.8. The van der Waals surface area contributed by atoms with Gasteiger partial charge in [-0.3, -0.25) is 0 Å². The normalized spacial score (nSPS) is 12.6. The van der Waals surface area contributed by atoms with Gasteiger partial charge in [0.1, 0.15) is 0 Å². The van der Waals surface area contributed by atoms with Gasteiger partial charge in [0.05, 0.1) is 16.1 Å². The summed E-state index contributed by atoms with van der Waals surface area (Å²) in [4.78, 5) is 0. The van der Waals surface area contributed by atoms with E-state index in [0.29, 0.717) is 0 Å². The number of hydrogen-bond donors (Lipinski definition) is 0. The SMILES string of the molecule is C[Si](C)(C)c1c(Cl)cc(-c2cccc(Cl)c2[Si](C)(C)C)cc1Cl. The van der Waals surface area contributed by atoms with Crippen LogP contribution in [0.25, 0.3) is 11.1 Å². The molecule has 0 aliphatic heterocycles. The molecule has 0 atom stereocenters. The third kappa shape index (κ3) is 4.05. The van der Waals surface area contributed by atoms with Gasteiger partial charge in [-0.15, -0.1) is 0 Å². The minimum atomic E-state index is -1.60. The fourth-order valence-corrected chi connectivity index (χ4v) is 9.60. The summed E-state index contributed by atoms with van der Waals surface area (Å²) in [6.45, 7) is 13.7. The molecule has 2 rings (SSSR count). The van der Waals surface area contributed by atoms with Crippen LogP contribution in [-0.4, -0.2) is 16.1 Å². The van der Waals surface area contributed by atoms with Gasteiger partial charge in [0.15, 0.2) is 0 Å². The van der Waals surface area contributed by atoms with E-state index in [1.54, 1.807) is 0 Å². The Morgan fingerprint density at radius 2 is 1.13 bits per heavy atom. The summed E-state index contributed by atoms with van der Waals surface area (Å²) < 4.78 is 0. The van der Waals surface area contributed by atoms with Crippen molar-refractivity contribution in [2.45, 2.75) is 39.3 Å². The van der Waals surface area contributed by atoms with E-state index in [-0.39, 0.29) is 0 Å². The van der Waals surface area contributed by atoms with Crippen molar-refractivity contribution in [2.24, 2.45) is 0 Å². The standard InChI is InChI=1S/C18H23Cl3Si2/c1-22(2,3)17-13(8-7-9-14(17)19)12-10-15(20)18(16(21)11-12)23(4,5)6/h7-11H,1-6H3. The van der Waals surface area contributed by atoms with Gasteiger partial charge in [0.2, 0.25) is 0 Å². The summed E-state index contributed by atoms with van der Waals surface area (Å²) in [6.07, 6.45) is 0. The Balaban J connectivity index is 2.73. The lowest BCUT2D eigenvalue weighted by Crippen LogP contribution is -2.40. The molecule has 2 aromatic carbocycles. The van der Waals surface area contributed by atoms with E-state index in [4.69, 9.17) is 34.8 Å². The first-order chi connectivity index (χ1) is 10.4. The van der Waals surface area contributed by atoms with Gasteiger partial charge < -0.3 is 0 Å². The van der Waals surface area contributed by atoms with Crippen molar-refractivity contribution in [3.63, 3.8) is 0 Å². The van der Waals surface area contributed by atoms with E-state index < -0.39 is 16.1 Å². The molecule has 0 aromatic heterocycles. The maximum absolute atomic E-state index is 6.60. The highest BCUT2D eigenvalue weighted by atomic mass is 35.5. The maximum Gasteiger partial charge on any atom is 0.0815 e. The summed E-state index contributed by atoms with van der Waals surface area (Å²) in [5.41, 5.74) is 2.21. The highest BCUT2D eigenvalue weighted by molar-refractivity contribution is 6.92.